The molecule has 6 heteroatoms. The minimum atomic E-state index is -1.15. The SMILES string of the molecule is CC1(C)CCC(CNC(=O)c2cnc(C(=O)O)cn2)CC1. The fourth-order valence-corrected chi connectivity index (χ4v) is 2.55. The molecule has 2 N–H and O–H groups in total. The lowest BCUT2D eigenvalue weighted by molar-refractivity contribution is 0.0689. The van der Waals surface area contributed by atoms with Crippen molar-refractivity contribution in [2.24, 2.45) is 11.3 Å². The van der Waals surface area contributed by atoms with Gasteiger partial charge in [0.05, 0.1) is 12.4 Å². The molecular weight excluding hydrogens is 270 g/mol. The monoisotopic (exact) mass is 291 g/mol. The lowest BCUT2D eigenvalue weighted by atomic mass is 9.73. The number of nitrogens with zero attached hydrogens (tertiary/aromatic N) is 2. The van der Waals surface area contributed by atoms with Crippen molar-refractivity contribution in [3.05, 3.63) is 23.8 Å². The van der Waals surface area contributed by atoms with Gasteiger partial charge in [0.2, 0.25) is 0 Å². The third-order valence-electron chi connectivity index (χ3n) is 4.11. The van der Waals surface area contributed by atoms with E-state index in [9.17, 15) is 9.59 Å². The van der Waals surface area contributed by atoms with Crippen molar-refractivity contribution in [1.82, 2.24) is 15.3 Å². The predicted molar refractivity (Wildman–Crippen MR) is 77.1 cm³/mol. The number of rotatable bonds is 4. The van der Waals surface area contributed by atoms with E-state index in [-0.39, 0.29) is 17.3 Å². The third kappa shape index (κ3) is 4.24. The van der Waals surface area contributed by atoms with E-state index < -0.39 is 5.97 Å². The average Bonchev–Trinajstić information content (AvgIpc) is 2.46. The van der Waals surface area contributed by atoms with Crippen LogP contribution in [0.1, 0.15) is 60.5 Å². The molecule has 6 nitrogen and oxygen atoms in total. The van der Waals surface area contributed by atoms with Crippen molar-refractivity contribution in [1.29, 1.82) is 0 Å². The number of hydrogen-bond donors (Lipinski definition) is 2. The molecule has 1 aromatic rings. The Morgan fingerprint density at radius 3 is 2.33 bits per heavy atom. The first-order chi connectivity index (χ1) is 9.87. The molecule has 0 aromatic carbocycles. The van der Waals surface area contributed by atoms with Crippen molar-refractivity contribution in [3.8, 4) is 0 Å². The molecule has 1 heterocycles. The highest BCUT2D eigenvalue weighted by Gasteiger charge is 2.27. The number of hydrogen-bond acceptors (Lipinski definition) is 4. The maximum absolute atomic E-state index is 11.9. The van der Waals surface area contributed by atoms with Gasteiger partial charge >= 0.3 is 5.97 Å². The molecule has 1 amide bonds. The summed E-state index contributed by atoms with van der Waals surface area (Å²) in [6.07, 6.45) is 6.90. The van der Waals surface area contributed by atoms with Crippen LogP contribution in [0.3, 0.4) is 0 Å². The highest BCUT2D eigenvalue weighted by atomic mass is 16.4. The number of carbonyl (C=O) groups excluding carboxylic acids is 1. The van der Waals surface area contributed by atoms with Gasteiger partial charge in [-0.1, -0.05) is 13.8 Å². The number of carbonyl (C=O) groups is 2. The van der Waals surface area contributed by atoms with Crippen molar-refractivity contribution in [2.75, 3.05) is 6.54 Å². The van der Waals surface area contributed by atoms with Crippen LogP contribution in [0.15, 0.2) is 12.4 Å². The number of nitrogens with one attached hydrogen (secondary N) is 1. The number of amides is 1. The van der Waals surface area contributed by atoms with E-state index in [2.05, 4.69) is 29.1 Å². The quantitative estimate of drug-likeness (QED) is 0.886. The molecular formula is C15H21N3O3. The Balaban J connectivity index is 1.83. The second kappa shape index (κ2) is 6.20. The summed E-state index contributed by atoms with van der Waals surface area (Å²) in [5.41, 5.74) is 0.399. The summed E-state index contributed by atoms with van der Waals surface area (Å²) in [5.74, 6) is -0.947. The number of aromatic nitrogens is 2. The Labute approximate surface area is 124 Å². The highest BCUT2D eigenvalue weighted by molar-refractivity contribution is 5.92. The lowest BCUT2D eigenvalue weighted by Gasteiger charge is -2.34. The summed E-state index contributed by atoms with van der Waals surface area (Å²) in [6, 6.07) is 0. The van der Waals surface area contributed by atoms with E-state index >= 15 is 0 Å². The maximum Gasteiger partial charge on any atom is 0.356 e. The van der Waals surface area contributed by atoms with Gasteiger partial charge in [-0.05, 0) is 37.0 Å². The molecule has 21 heavy (non-hydrogen) atoms. The zero-order valence-electron chi connectivity index (χ0n) is 12.4. The lowest BCUT2D eigenvalue weighted by Crippen LogP contribution is -2.33. The van der Waals surface area contributed by atoms with Gasteiger partial charge in [0.15, 0.2) is 5.69 Å². The van der Waals surface area contributed by atoms with Crippen LogP contribution in [0.2, 0.25) is 0 Å². The standard InChI is InChI=1S/C15H21N3O3/c1-15(2)5-3-10(4-6-15)7-18-13(19)11-8-17-12(9-16-11)14(20)21/h8-10H,3-7H2,1-2H3,(H,18,19)(H,20,21). The Bertz CT molecular complexity index is 515. The first-order valence-electron chi connectivity index (χ1n) is 7.21. The molecule has 1 saturated carbocycles. The van der Waals surface area contributed by atoms with Gasteiger partial charge in [0, 0.05) is 6.54 Å². The van der Waals surface area contributed by atoms with Gasteiger partial charge in [0.1, 0.15) is 5.69 Å². The molecule has 1 aromatic heterocycles. The molecule has 0 saturated heterocycles. The van der Waals surface area contributed by atoms with Gasteiger partial charge in [-0.3, -0.25) is 4.79 Å². The topological polar surface area (TPSA) is 92.2 Å². The Morgan fingerprint density at radius 1 is 1.24 bits per heavy atom. The zero-order valence-corrected chi connectivity index (χ0v) is 12.4. The van der Waals surface area contributed by atoms with Gasteiger partial charge in [-0.15, -0.1) is 0 Å². The van der Waals surface area contributed by atoms with Crippen LogP contribution < -0.4 is 5.32 Å². The first kappa shape index (κ1) is 15.4. The Kier molecular flexibility index (Phi) is 4.55. The van der Waals surface area contributed by atoms with Gasteiger partial charge in [0.25, 0.3) is 5.91 Å². The molecule has 0 bridgehead atoms. The fourth-order valence-electron chi connectivity index (χ4n) is 2.55. The number of carboxylic acid groups (broad SMARTS) is 1. The van der Waals surface area contributed by atoms with Crippen LogP contribution in [0.4, 0.5) is 0 Å². The second-order valence-electron chi connectivity index (χ2n) is 6.41. The van der Waals surface area contributed by atoms with E-state index in [4.69, 9.17) is 5.11 Å². The van der Waals surface area contributed by atoms with E-state index in [0.29, 0.717) is 17.9 Å². The zero-order chi connectivity index (χ0) is 15.5. The smallest absolute Gasteiger partial charge is 0.356 e. The molecule has 1 fully saturated rings. The molecule has 1 aliphatic rings. The van der Waals surface area contributed by atoms with E-state index in [1.54, 1.807) is 0 Å². The summed E-state index contributed by atoms with van der Waals surface area (Å²) < 4.78 is 0. The molecule has 2 rings (SSSR count). The summed E-state index contributed by atoms with van der Waals surface area (Å²) >= 11 is 0. The van der Waals surface area contributed by atoms with Crippen molar-refractivity contribution >= 4 is 11.9 Å². The van der Waals surface area contributed by atoms with Crippen LogP contribution >= 0.6 is 0 Å². The second-order valence-corrected chi connectivity index (χ2v) is 6.41. The van der Waals surface area contributed by atoms with E-state index in [1.165, 1.54) is 19.0 Å². The van der Waals surface area contributed by atoms with Gasteiger partial charge in [-0.25, -0.2) is 14.8 Å². The van der Waals surface area contributed by atoms with Crippen molar-refractivity contribution in [3.63, 3.8) is 0 Å². The fraction of sp³-hybridized carbons (Fsp3) is 0.600. The normalized spacial score (nSPS) is 18.2. The average molecular weight is 291 g/mol. The minimum absolute atomic E-state index is 0.149. The Morgan fingerprint density at radius 2 is 1.81 bits per heavy atom. The molecule has 1 aliphatic carbocycles. The largest absolute Gasteiger partial charge is 0.476 e. The summed E-state index contributed by atoms with van der Waals surface area (Å²) in [5, 5.41) is 11.6. The third-order valence-corrected chi connectivity index (χ3v) is 4.11. The van der Waals surface area contributed by atoms with Gasteiger partial charge in [-0.2, -0.15) is 0 Å². The summed E-state index contributed by atoms with van der Waals surface area (Å²) in [7, 11) is 0. The van der Waals surface area contributed by atoms with E-state index in [1.807, 2.05) is 0 Å². The molecule has 0 radical (unpaired) electrons. The molecule has 114 valence electrons. The van der Waals surface area contributed by atoms with Crippen molar-refractivity contribution in [2.45, 2.75) is 39.5 Å². The molecule has 0 aliphatic heterocycles. The molecule has 0 unspecified atom stereocenters. The predicted octanol–water partition coefficient (Wildman–Crippen LogP) is 2.12. The Hall–Kier alpha value is -1.98. The summed E-state index contributed by atoms with van der Waals surface area (Å²) in [6.45, 7) is 5.19. The van der Waals surface area contributed by atoms with Gasteiger partial charge < -0.3 is 10.4 Å². The maximum atomic E-state index is 11.9. The number of aromatic carboxylic acids is 1. The highest BCUT2D eigenvalue weighted by Crippen LogP contribution is 2.37. The van der Waals surface area contributed by atoms with E-state index in [0.717, 1.165) is 19.0 Å². The minimum Gasteiger partial charge on any atom is -0.476 e. The van der Waals surface area contributed by atoms with Crippen LogP contribution in [-0.2, 0) is 0 Å². The number of carboxylic acids is 1. The van der Waals surface area contributed by atoms with Crippen LogP contribution in [0.25, 0.3) is 0 Å². The van der Waals surface area contributed by atoms with Crippen LogP contribution in [-0.4, -0.2) is 33.5 Å². The summed E-state index contributed by atoms with van der Waals surface area (Å²) in [4.78, 5) is 30.1. The first-order valence-corrected chi connectivity index (χ1v) is 7.21. The molecule has 0 spiro atoms. The van der Waals surface area contributed by atoms with Crippen molar-refractivity contribution < 1.29 is 14.7 Å². The van der Waals surface area contributed by atoms with Crippen LogP contribution in [0.5, 0.6) is 0 Å². The van der Waals surface area contributed by atoms with Crippen LogP contribution in [0, 0.1) is 11.3 Å². The molecule has 0 atom stereocenters.